The third kappa shape index (κ3) is 3.51. The molecule has 1 atom stereocenters. The average Bonchev–Trinajstić information content (AvgIpc) is 3.00. The molecule has 0 aliphatic carbocycles. The second kappa shape index (κ2) is 6.81. The first kappa shape index (κ1) is 17.0. The molecule has 1 amide bonds. The molecular weight excluding hydrogens is 302 g/mol. The minimum Gasteiger partial charge on any atom is -0.339 e. The van der Waals surface area contributed by atoms with E-state index in [1.54, 1.807) is 10.9 Å². The van der Waals surface area contributed by atoms with E-state index in [1.165, 1.54) is 0 Å². The summed E-state index contributed by atoms with van der Waals surface area (Å²) in [6.45, 7) is 7.41. The minimum atomic E-state index is -2.96. The van der Waals surface area contributed by atoms with Gasteiger partial charge in [-0.15, -0.1) is 0 Å². The Balaban J connectivity index is 2.21. The van der Waals surface area contributed by atoms with E-state index in [0.717, 1.165) is 31.6 Å². The third-order valence-corrected chi connectivity index (χ3v) is 5.85. The van der Waals surface area contributed by atoms with Crippen LogP contribution in [0.3, 0.4) is 0 Å². The molecule has 6 nitrogen and oxygen atoms in total. The van der Waals surface area contributed by atoms with Crippen molar-refractivity contribution in [2.75, 3.05) is 24.6 Å². The molecule has 1 aromatic heterocycles. The van der Waals surface area contributed by atoms with E-state index in [-0.39, 0.29) is 23.5 Å². The Kier molecular flexibility index (Phi) is 5.26. The number of hydrogen-bond donors (Lipinski definition) is 0. The van der Waals surface area contributed by atoms with Gasteiger partial charge in [-0.25, -0.2) is 8.42 Å². The van der Waals surface area contributed by atoms with Crippen molar-refractivity contribution in [1.82, 2.24) is 14.7 Å². The van der Waals surface area contributed by atoms with Gasteiger partial charge in [0.05, 0.1) is 29.3 Å². The van der Waals surface area contributed by atoms with Gasteiger partial charge in [0.2, 0.25) is 0 Å². The second-order valence-corrected chi connectivity index (χ2v) is 8.17. The lowest BCUT2D eigenvalue weighted by atomic mass is 10.2. The molecule has 1 aromatic rings. The molecule has 0 bridgehead atoms. The van der Waals surface area contributed by atoms with Crippen molar-refractivity contribution in [2.45, 2.75) is 46.1 Å². The van der Waals surface area contributed by atoms with Gasteiger partial charge in [-0.05, 0) is 26.2 Å². The second-order valence-electron chi connectivity index (χ2n) is 5.94. The molecule has 2 heterocycles. The smallest absolute Gasteiger partial charge is 0.257 e. The van der Waals surface area contributed by atoms with E-state index in [4.69, 9.17) is 0 Å². The van der Waals surface area contributed by atoms with Gasteiger partial charge in [0.1, 0.15) is 0 Å². The highest BCUT2D eigenvalue weighted by Gasteiger charge is 2.31. The van der Waals surface area contributed by atoms with Crippen LogP contribution < -0.4 is 0 Å². The summed E-state index contributed by atoms with van der Waals surface area (Å²) in [6.07, 6.45) is 3.99. The van der Waals surface area contributed by atoms with Gasteiger partial charge < -0.3 is 4.90 Å². The Hall–Kier alpha value is -1.37. The Labute approximate surface area is 132 Å². The molecule has 0 aromatic carbocycles. The summed E-state index contributed by atoms with van der Waals surface area (Å²) in [7, 11) is -2.96. The van der Waals surface area contributed by atoms with E-state index in [0.29, 0.717) is 12.0 Å². The first-order valence-electron chi connectivity index (χ1n) is 7.93. The molecule has 7 heteroatoms. The van der Waals surface area contributed by atoms with Crippen LogP contribution in [-0.4, -0.2) is 53.6 Å². The first-order valence-corrected chi connectivity index (χ1v) is 9.75. The van der Waals surface area contributed by atoms with E-state index >= 15 is 0 Å². The molecule has 2 rings (SSSR count). The van der Waals surface area contributed by atoms with Crippen LogP contribution in [0.2, 0.25) is 0 Å². The standard InChI is InChI=1S/C15H25N3O3S/c1-4-7-17(8-5-2)15(19)14-10-16-18(12(14)3)13-6-9-22(20,21)11-13/h10,13H,4-9,11H2,1-3H3. The van der Waals surface area contributed by atoms with Gasteiger partial charge in [0.25, 0.3) is 5.91 Å². The van der Waals surface area contributed by atoms with Crippen molar-refractivity contribution in [3.8, 4) is 0 Å². The van der Waals surface area contributed by atoms with Crippen molar-refractivity contribution in [3.05, 3.63) is 17.5 Å². The topological polar surface area (TPSA) is 72.3 Å². The van der Waals surface area contributed by atoms with Crippen molar-refractivity contribution < 1.29 is 13.2 Å². The van der Waals surface area contributed by atoms with Gasteiger partial charge in [-0.3, -0.25) is 9.48 Å². The zero-order chi connectivity index (χ0) is 16.3. The third-order valence-electron chi connectivity index (χ3n) is 4.10. The highest BCUT2D eigenvalue weighted by atomic mass is 32.2. The molecular formula is C15H25N3O3S. The number of hydrogen-bond acceptors (Lipinski definition) is 4. The maximum atomic E-state index is 12.7. The molecule has 0 saturated carbocycles. The van der Waals surface area contributed by atoms with Crippen LogP contribution in [0, 0.1) is 6.92 Å². The summed E-state index contributed by atoms with van der Waals surface area (Å²) < 4.78 is 25.0. The average molecular weight is 327 g/mol. The summed E-state index contributed by atoms with van der Waals surface area (Å²) >= 11 is 0. The van der Waals surface area contributed by atoms with Crippen LogP contribution >= 0.6 is 0 Å². The van der Waals surface area contributed by atoms with Crippen LogP contribution in [0.5, 0.6) is 0 Å². The normalized spacial score (nSPS) is 20.2. The highest BCUT2D eigenvalue weighted by Crippen LogP contribution is 2.25. The van der Waals surface area contributed by atoms with Crippen molar-refractivity contribution in [1.29, 1.82) is 0 Å². The predicted octanol–water partition coefficient (Wildman–Crippen LogP) is 1.81. The quantitative estimate of drug-likeness (QED) is 0.799. The molecule has 124 valence electrons. The zero-order valence-corrected chi connectivity index (χ0v) is 14.4. The summed E-state index contributed by atoms with van der Waals surface area (Å²) in [4.78, 5) is 14.5. The fourth-order valence-corrected chi connectivity index (χ4v) is 4.69. The summed E-state index contributed by atoms with van der Waals surface area (Å²) in [5.41, 5.74) is 1.36. The molecule has 1 aliphatic rings. The van der Waals surface area contributed by atoms with Crippen molar-refractivity contribution >= 4 is 15.7 Å². The van der Waals surface area contributed by atoms with Gasteiger partial charge >= 0.3 is 0 Å². The van der Waals surface area contributed by atoms with Gasteiger partial charge in [0.15, 0.2) is 9.84 Å². The summed E-state index contributed by atoms with van der Waals surface area (Å²) in [5.74, 6) is 0.322. The lowest BCUT2D eigenvalue weighted by Crippen LogP contribution is -2.32. The molecule has 22 heavy (non-hydrogen) atoms. The van der Waals surface area contributed by atoms with Crippen LogP contribution in [0.4, 0.5) is 0 Å². The summed E-state index contributed by atoms with van der Waals surface area (Å²) in [6, 6.07) is -0.141. The number of carbonyl (C=O) groups is 1. The molecule has 0 N–H and O–H groups in total. The molecule has 0 radical (unpaired) electrons. The van der Waals surface area contributed by atoms with Gasteiger partial charge in [-0.2, -0.15) is 5.10 Å². The minimum absolute atomic E-state index is 0.00620. The van der Waals surface area contributed by atoms with Crippen LogP contribution in [0.1, 0.15) is 55.2 Å². The Bertz CT molecular complexity index is 630. The Morgan fingerprint density at radius 2 is 2.00 bits per heavy atom. The number of sulfone groups is 1. The van der Waals surface area contributed by atoms with E-state index in [1.807, 2.05) is 11.8 Å². The molecule has 1 fully saturated rings. The lowest BCUT2D eigenvalue weighted by Gasteiger charge is -2.21. The van der Waals surface area contributed by atoms with Gasteiger partial charge in [-0.1, -0.05) is 13.8 Å². The molecule has 0 spiro atoms. The molecule has 1 unspecified atom stereocenters. The SMILES string of the molecule is CCCN(CCC)C(=O)c1cnn(C2CCS(=O)(=O)C2)c1C. The molecule has 1 saturated heterocycles. The number of carbonyl (C=O) groups excluding carboxylic acids is 1. The number of nitrogens with zero attached hydrogens (tertiary/aromatic N) is 3. The number of rotatable bonds is 6. The lowest BCUT2D eigenvalue weighted by molar-refractivity contribution is 0.0754. The van der Waals surface area contributed by atoms with Crippen LogP contribution in [0.25, 0.3) is 0 Å². The number of amides is 1. The van der Waals surface area contributed by atoms with Crippen molar-refractivity contribution in [2.24, 2.45) is 0 Å². The van der Waals surface area contributed by atoms with Crippen LogP contribution in [-0.2, 0) is 9.84 Å². The number of aromatic nitrogens is 2. The monoisotopic (exact) mass is 327 g/mol. The Morgan fingerprint density at radius 3 is 2.50 bits per heavy atom. The molecule has 1 aliphatic heterocycles. The zero-order valence-electron chi connectivity index (χ0n) is 13.6. The fourth-order valence-electron chi connectivity index (χ4n) is 2.99. The summed E-state index contributed by atoms with van der Waals surface area (Å²) in [5, 5.41) is 4.29. The Morgan fingerprint density at radius 1 is 1.36 bits per heavy atom. The highest BCUT2D eigenvalue weighted by molar-refractivity contribution is 7.91. The first-order chi connectivity index (χ1) is 10.4. The van der Waals surface area contributed by atoms with E-state index in [2.05, 4.69) is 18.9 Å². The van der Waals surface area contributed by atoms with E-state index < -0.39 is 9.84 Å². The van der Waals surface area contributed by atoms with Gasteiger partial charge in [0, 0.05) is 18.8 Å². The fraction of sp³-hybridized carbons (Fsp3) is 0.733. The maximum absolute atomic E-state index is 12.7. The maximum Gasteiger partial charge on any atom is 0.257 e. The largest absolute Gasteiger partial charge is 0.339 e. The predicted molar refractivity (Wildman–Crippen MR) is 85.8 cm³/mol. The van der Waals surface area contributed by atoms with E-state index in [9.17, 15) is 13.2 Å². The van der Waals surface area contributed by atoms with Crippen molar-refractivity contribution in [3.63, 3.8) is 0 Å². The van der Waals surface area contributed by atoms with Crippen LogP contribution in [0.15, 0.2) is 6.20 Å².